The molecule has 3 nitrogen and oxygen atoms in total. The number of carbonyl (C=O) groups is 1. The van der Waals surface area contributed by atoms with Gasteiger partial charge >= 0.3 is 0 Å². The average molecular weight is 240 g/mol. The zero-order valence-electron chi connectivity index (χ0n) is 10.6. The molecule has 0 saturated heterocycles. The summed E-state index contributed by atoms with van der Waals surface area (Å²) in [4.78, 5) is 15.9. The Labute approximate surface area is 107 Å². The molecule has 0 fully saturated rings. The molecule has 3 heteroatoms. The fourth-order valence-corrected chi connectivity index (χ4v) is 1.66. The fraction of sp³-hybridized carbons (Fsp3) is 0.200. The molecule has 0 atom stereocenters. The van der Waals surface area contributed by atoms with E-state index in [9.17, 15) is 4.79 Å². The van der Waals surface area contributed by atoms with Gasteiger partial charge in [-0.25, -0.2) is 0 Å². The number of carbonyl (C=O) groups excluding carboxylic acids is 1. The first kappa shape index (κ1) is 12.3. The van der Waals surface area contributed by atoms with Gasteiger partial charge in [0.15, 0.2) is 0 Å². The van der Waals surface area contributed by atoms with E-state index in [0.29, 0.717) is 11.5 Å². The molecule has 2 rings (SSSR count). The summed E-state index contributed by atoms with van der Waals surface area (Å²) in [5.41, 5.74) is 2.65. The van der Waals surface area contributed by atoms with Crippen LogP contribution >= 0.6 is 0 Å². The molecule has 0 radical (unpaired) electrons. The molecule has 1 N–H and O–H groups in total. The maximum Gasteiger partial charge on any atom is 0.255 e. The van der Waals surface area contributed by atoms with Crippen LogP contribution < -0.4 is 5.32 Å². The number of nitrogens with zero attached hydrogens (tertiary/aromatic N) is 1. The van der Waals surface area contributed by atoms with Crippen molar-refractivity contribution in [2.24, 2.45) is 0 Å². The Balaban J connectivity index is 2.10. The zero-order chi connectivity index (χ0) is 13.0. The summed E-state index contributed by atoms with van der Waals surface area (Å²) in [6.45, 7) is 4.26. The molecule has 0 spiro atoms. The second-order valence-electron chi connectivity index (χ2n) is 4.47. The highest BCUT2D eigenvalue weighted by atomic mass is 16.1. The van der Waals surface area contributed by atoms with Gasteiger partial charge in [-0.2, -0.15) is 0 Å². The fourth-order valence-electron chi connectivity index (χ4n) is 1.66. The molecule has 0 saturated carbocycles. The third-order valence-corrected chi connectivity index (χ3v) is 2.78. The smallest absolute Gasteiger partial charge is 0.255 e. The van der Waals surface area contributed by atoms with Crippen LogP contribution in [-0.2, 0) is 0 Å². The van der Waals surface area contributed by atoms with E-state index in [0.717, 1.165) is 5.69 Å². The molecule has 1 aromatic heterocycles. The van der Waals surface area contributed by atoms with Crippen LogP contribution in [-0.4, -0.2) is 10.9 Å². The van der Waals surface area contributed by atoms with Crippen LogP contribution in [0.1, 0.15) is 35.7 Å². The van der Waals surface area contributed by atoms with Gasteiger partial charge in [0.2, 0.25) is 0 Å². The molecular weight excluding hydrogens is 224 g/mol. The van der Waals surface area contributed by atoms with Gasteiger partial charge in [-0.1, -0.05) is 26.0 Å². The first-order valence-corrected chi connectivity index (χ1v) is 5.98. The predicted octanol–water partition coefficient (Wildman–Crippen LogP) is 3.46. The SMILES string of the molecule is CC(C)c1ccc(C(=O)Nc2ccncc2)cc1. The number of anilines is 1. The van der Waals surface area contributed by atoms with Crippen LogP contribution in [0.3, 0.4) is 0 Å². The van der Waals surface area contributed by atoms with Crippen molar-refractivity contribution in [3.8, 4) is 0 Å². The second-order valence-corrected chi connectivity index (χ2v) is 4.47. The van der Waals surface area contributed by atoms with Gasteiger partial charge in [0.25, 0.3) is 5.91 Å². The lowest BCUT2D eigenvalue weighted by Gasteiger charge is -2.07. The summed E-state index contributed by atoms with van der Waals surface area (Å²) >= 11 is 0. The molecule has 2 aromatic rings. The first-order valence-electron chi connectivity index (χ1n) is 5.98. The monoisotopic (exact) mass is 240 g/mol. The van der Waals surface area contributed by atoms with Gasteiger partial charge in [-0.15, -0.1) is 0 Å². The topological polar surface area (TPSA) is 42.0 Å². The van der Waals surface area contributed by atoms with E-state index in [2.05, 4.69) is 24.1 Å². The van der Waals surface area contributed by atoms with Crippen molar-refractivity contribution in [1.82, 2.24) is 4.98 Å². The van der Waals surface area contributed by atoms with Crippen LogP contribution in [0.15, 0.2) is 48.8 Å². The van der Waals surface area contributed by atoms with Crippen molar-refractivity contribution >= 4 is 11.6 Å². The summed E-state index contributed by atoms with van der Waals surface area (Å²) in [6, 6.07) is 11.2. The lowest BCUT2D eigenvalue weighted by atomic mass is 10.0. The normalized spacial score (nSPS) is 10.4. The number of pyridine rings is 1. The molecule has 1 heterocycles. The standard InChI is InChI=1S/C15H16N2O/c1-11(2)12-3-5-13(6-4-12)15(18)17-14-7-9-16-10-8-14/h3-11H,1-2H3,(H,16,17,18). The van der Waals surface area contributed by atoms with Crippen LogP contribution in [0.2, 0.25) is 0 Å². The third kappa shape index (κ3) is 2.94. The quantitative estimate of drug-likeness (QED) is 0.892. The van der Waals surface area contributed by atoms with Crippen molar-refractivity contribution in [2.75, 3.05) is 5.32 Å². The molecule has 0 unspecified atom stereocenters. The van der Waals surface area contributed by atoms with Crippen LogP contribution in [0.25, 0.3) is 0 Å². The number of hydrogen-bond acceptors (Lipinski definition) is 2. The van der Waals surface area contributed by atoms with Gasteiger partial charge in [0, 0.05) is 23.6 Å². The lowest BCUT2D eigenvalue weighted by molar-refractivity contribution is 0.102. The van der Waals surface area contributed by atoms with E-state index in [1.54, 1.807) is 24.5 Å². The minimum absolute atomic E-state index is 0.100. The van der Waals surface area contributed by atoms with Gasteiger partial charge in [0.05, 0.1) is 0 Å². The lowest BCUT2D eigenvalue weighted by Crippen LogP contribution is -2.11. The molecule has 0 aliphatic carbocycles. The van der Waals surface area contributed by atoms with Crippen molar-refractivity contribution in [3.63, 3.8) is 0 Å². The number of aromatic nitrogens is 1. The Morgan fingerprint density at radius 3 is 2.22 bits per heavy atom. The van der Waals surface area contributed by atoms with Gasteiger partial charge < -0.3 is 5.32 Å². The van der Waals surface area contributed by atoms with E-state index >= 15 is 0 Å². The maximum absolute atomic E-state index is 12.0. The van der Waals surface area contributed by atoms with E-state index in [-0.39, 0.29) is 5.91 Å². The largest absolute Gasteiger partial charge is 0.322 e. The number of nitrogens with one attached hydrogen (secondary N) is 1. The highest BCUT2D eigenvalue weighted by Gasteiger charge is 2.06. The molecule has 1 aromatic carbocycles. The molecule has 1 amide bonds. The molecule has 0 aliphatic heterocycles. The number of rotatable bonds is 3. The Kier molecular flexibility index (Phi) is 3.72. The Hall–Kier alpha value is -2.16. The summed E-state index contributed by atoms with van der Waals surface area (Å²) in [6.07, 6.45) is 3.30. The Bertz CT molecular complexity index is 518. The average Bonchev–Trinajstić information content (AvgIpc) is 2.40. The van der Waals surface area contributed by atoms with Gasteiger partial charge in [-0.3, -0.25) is 9.78 Å². The first-order chi connectivity index (χ1) is 8.66. The van der Waals surface area contributed by atoms with E-state index in [1.807, 2.05) is 24.3 Å². The van der Waals surface area contributed by atoms with Crippen molar-refractivity contribution in [3.05, 3.63) is 59.9 Å². The summed E-state index contributed by atoms with van der Waals surface area (Å²) < 4.78 is 0. The zero-order valence-corrected chi connectivity index (χ0v) is 10.6. The van der Waals surface area contributed by atoms with Gasteiger partial charge in [0.1, 0.15) is 0 Å². The molecule has 0 bridgehead atoms. The van der Waals surface area contributed by atoms with Crippen LogP contribution in [0.5, 0.6) is 0 Å². The summed E-state index contributed by atoms with van der Waals surface area (Å²) in [5.74, 6) is 0.374. The highest BCUT2D eigenvalue weighted by Crippen LogP contribution is 2.15. The number of benzene rings is 1. The molecule has 18 heavy (non-hydrogen) atoms. The van der Waals surface area contributed by atoms with Gasteiger partial charge in [-0.05, 0) is 35.7 Å². The minimum atomic E-state index is -0.100. The number of hydrogen-bond donors (Lipinski definition) is 1. The minimum Gasteiger partial charge on any atom is -0.322 e. The Morgan fingerprint density at radius 1 is 1.06 bits per heavy atom. The second kappa shape index (κ2) is 5.45. The maximum atomic E-state index is 12.0. The summed E-state index contributed by atoms with van der Waals surface area (Å²) in [7, 11) is 0. The van der Waals surface area contributed by atoms with Crippen molar-refractivity contribution < 1.29 is 4.79 Å². The molecule has 0 aliphatic rings. The van der Waals surface area contributed by atoms with Crippen molar-refractivity contribution in [2.45, 2.75) is 19.8 Å². The summed E-state index contributed by atoms with van der Waals surface area (Å²) in [5, 5.41) is 2.83. The predicted molar refractivity (Wildman–Crippen MR) is 72.7 cm³/mol. The van der Waals surface area contributed by atoms with Crippen LogP contribution in [0, 0.1) is 0 Å². The molecular formula is C15H16N2O. The van der Waals surface area contributed by atoms with E-state index in [4.69, 9.17) is 0 Å². The Morgan fingerprint density at radius 2 is 1.67 bits per heavy atom. The van der Waals surface area contributed by atoms with E-state index < -0.39 is 0 Å². The molecule has 92 valence electrons. The highest BCUT2D eigenvalue weighted by molar-refractivity contribution is 6.04. The number of amides is 1. The van der Waals surface area contributed by atoms with Crippen molar-refractivity contribution in [1.29, 1.82) is 0 Å². The third-order valence-electron chi connectivity index (χ3n) is 2.78. The van der Waals surface area contributed by atoms with Crippen LogP contribution in [0.4, 0.5) is 5.69 Å². The van der Waals surface area contributed by atoms with E-state index in [1.165, 1.54) is 5.56 Å².